The molecule has 2 heteroatoms. The number of nitrogens with zero attached hydrogens (tertiary/aromatic N) is 1. The molecule has 0 saturated carbocycles. The van der Waals surface area contributed by atoms with Gasteiger partial charge in [-0.1, -0.05) is 200 Å². The van der Waals surface area contributed by atoms with Crippen LogP contribution in [0.3, 0.4) is 0 Å². The van der Waals surface area contributed by atoms with Gasteiger partial charge in [-0.2, -0.15) is 0 Å². The van der Waals surface area contributed by atoms with Crippen LogP contribution >= 0.6 is 0 Å². The van der Waals surface area contributed by atoms with Gasteiger partial charge in [-0.25, -0.2) is 0 Å². The van der Waals surface area contributed by atoms with Crippen molar-refractivity contribution >= 4 is 60.5 Å². The predicted octanol–water partition coefficient (Wildman–Crippen LogP) is 17.0. The topological polar surface area (TPSA) is 16.4 Å². The zero-order valence-corrected chi connectivity index (χ0v) is 35.4. The van der Waals surface area contributed by atoms with E-state index in [0.717, 1.165) is 55.5 Å². The molecule has 65 heavy (non-hydrogen) atoms. The molecule has 0 saturated heterocycles. The minimum atomic E-state index is -0.486. The van der Waals surface area contributed by atoms with E-state index in [9.17, 15) is 0 Å². The first kappa shape index (κ1) is 36.1. The van der Waals surface area contributed by atoms with E-state index in [2.05, 4.69) is 241 Å². The lowest BCUT2D eigenvalue weighted by Gasteiger charge is -2.33. The molecule has 0 unspecified atom stereocenters. The predicted molar refractivity (Wildman–Crippen MR) is 271 cm³/mol. The number of furan rings is 1. The second-order valence-corrected chi connectivity index (χ2v) is 17.5. The van der Waals surface area contributed by atoms with Crippen LogP contribution in [0.15, 0.2) is 241 Å². The monoisotopic (exact) mass is 825 g/mol. The van der Waals surface area contributed by atoms with E-state index < -0.39 is 5.41 Å². The van der Waals surface area contributed by atoms with Crippen LogP contribution in [-0.2, 0) is 5.41 Å². The van der Waals surface area contributed by atoms with Crippen molar-refractivity contribution in [3.63, 3.8) is 0 Å². The Morgan fingerprint density at radius 2 is 0.862 bits per heavy atom. The molecule has 1 heterocycles. The van der Waals surface area contributed by atoms with Crippen LogP contribution in [0.4, 0.5) is 17.1 Å². The summed E-state index contributed by atoms with van der Waals surface area (Å²) in [5.74, 6) is 0. The summed E-state index contributed by atoms with van der Waals surface area (Å²) in [6.07, 6.45) is 0. The average Bonchev–Trinajstić information content (AvgIpc) is 4.01. The van der Waals surface area contributed by atoms with Crippen LogP contribution in [-0.4, -0.2) is 0 Å². The molecule has 0 aliphatic heterocycles. The third-order valence-corrected chi connectivity index (χ3v) is 14.3. The van der Waals surface area contributed by atoms with E-state index in [-0.39, 0.29) is 0 Å². The van der Waals surface area contributed by atoms with Crippen LogP contribution in [0.25, 0.3) is 88.0 Å². The number of hydrogen-bond donors (Lipinski definition) is 0. The first-order chi connectivity index (χ1) is 32.3. The van der Waals surface area contributed by atoms with Gasteiger partial charge in [-0.05, 0) is 114 Å². The van der Waals surface area contributed by atoms with Gasteiger partial charge in [0, 0.05) is 22.0 Å². The van der Waals surface area contributed by atoms with Crippen molar-refractivity contribution in [3.8, 4) is 44.5 Å². The van der Waals surface area contributed by atoms with Gasteiger partial charge in [0.05, 0.1) is 22.2 Å². The fourth-order valence-electron chi connectivity index (χ4n) is 11.7. The summed E-state index contributed by atoms with van der Waals surface area (Å²) >= 11 is 0. The molecule has 0 bridgehead atoms. The summed E-state index contributed by atoms with van der Waals surface area (Å²) in [6.45, 7) is 0. The molecule has 0 fully saturated rings. The van der Waals surface area contributed by atoms with Crippen LogP contribution in [0.1, 0.15) is 22.3 Å². The molecule has 0 radical (unpaired) electrons. The van der Waals surface area contributed by atoms with Crippen LogP contribution in [0.2, 0.25) is 0 Å². The molecule has 1 aromatic heterocycles. The summed E-state index contributed by atoms with van der Waals surface area (Å²) in [7, 11) is 0. The van der Waals surface area contributed by atoms with E-state index in [1.807, 2.05) is 0 Å². The quantitative estimate of drug-likeness (QED) is 0.172. The molecule has 1 spiro atoms. The van der Waals surface area contributed by atoms with Crippen LogP contribution < -0.4 is 4.90 Å². The van der Waals surface area contributed by atoms with Crippen molar-refractivity contribution in [2.24, 2.45) is 0 Å². The molecule has 302 valence electrons. The molecule has 0 amide bonds. The minimum Gasteiger partial charge on any atom is -0.455 e. The summed E-state index contributed by atoms with van der Waals surface area (Å²) in [4.78, 5) is 2.50. The van der Waals surface area contributed by atoms with Gasteiger partial charge in [-0.15, -0.1) is 0 Å². The summed E-state index contributed by atoms with van der Waals surface area (Å²) < 4.78 is 7.07. The first-order valence-corrected chi connectivity index (χ1v) is 22.5. The highest BCUT2D eigenvalue weighted by molar-refractivity contribution is 6.23. The Labute approximate surface area is 376 Å². The lowest BCUT2D eigenvalue weighted by atomic mass is 9.70. The number of para-hydroxylation sites is 1. The summed E-state index contributed by atoms with van der Waals surface area (Å²) in [5.41, 5.74) is 19.6. The number of anilines is 3. The maximum atomic E-state index is 7.07. The molecular weight excluding hydrogens is 787 g/mol. The lowest BCUT2D eigenvalue weighted by Crippen LogP contribution is -2.26. The Hall–Kier alpha value is -8.46. The Morgan fingerprint density at radius 1 is 0.323 bits per heavy atom. The van der Waals surface area contributed by atoms with Crippen LogP contribution in [0, 0.1) is 0 Å². The molecule has 0 atom stereocenters. The van der Waals surface area contributed by atoms with Crippen molar-refractivity contribution in [1.29, 1.82) is 0 Å². The van der Waals surface area contributed by atoms with E-state index >= 15 is 0 Å². The third-order valence-electron chi connectivity index (χ3n) is 14.3. The highest BCUT2D eigenvalue weighted by Gasteiger charge is 2.51. The van der Waals surface area contributed by atoms with Gasteiger partial charge < -0.3 is 9.32 Å². The van der Waals surface area contributed by atoms with E-state index in [0.29, 0.717) is 0 Å². The van der Waals surface area contributed by atoms with Crippen molar-refractivity contribution in [1.82, 2.24) is 0 Å². The van der Waals surface area contributed by atoms with Gasteiger partial charge in [0.2, 0.25) is 0 Å². The number of hydrogen-bond acceptors (Lipinski definition) is 2. The zero-order chi connectivity index (χ0) is 42.6. The summed E-state index contributed by atoms with van der Waals surface area (Å²) in [6, 6.07) is 87.0. The Balaban J connectivity index is 1.09. The molecule has 14 rings (SSSR count). The van der Waals surface area contributed by atoms with E-state index in [4.69, 9.17) is 4.42 Å². The van der Waals surface area contributed by atoms with Crippen molar-refractivity contribution in [2.75, 3.05) is 4.90 Å². The number of benzene rings is 11. The van der Waals surface area contributed by atoms with E-state index in [1.165, 1.54) is 71.8 Å². The maximum Gasteiger partial charge on any atom is 0.143 e. The fraction of sp³-hybridized carbons (Fsp3) is 0.0159. The molecule has 2 aliphatic rings. The van der Waals surface area contributed by atoms with Gasteiger partial charge in [-0.3, -0.25) is 0 Å². The van der Waals surface area contributed by atoms with Crippen molar-refractivity contribution in [3.05, 3.63) is 259 Å². The summed E-state index contributed by atoms with van der Waals surface area (Å²) in [5, 5.41) is 6.88. The van der Waals surface area contributed by atoms with E-state index in [1.54, 1.807) is 0 Å². The van der Waals surface area contributed by atoms with Gasteiger partial charge in [0.25, 0.3) is 0 Å². The fourth-order valence-corrected chi connectivity index (χ4v) is 11.7. The smallest absolute Gasteiger partial charge is 0.143 e. The normalized spacial score (nSPS) is 13.0. The zero-order valence-electron chi connectivity index (χ0n) is 35.4. The third kappa shape index (κ3) is 4.99. The first-order valence-electron chi connectivity index (χ1n) is 22.5. The van der Waals surface area contributed by atoms with Crippen molar-refractivity contribution < 1.29 is 4.42 Å². The Bertz CT molecular complexity index is 3840. The standard InChI is InChI=1S/C63H39NO/c1-2-18-41(19-3-1)44-23-11-15-33-58(44)64(42-36-37-50-49-27-10-14-32-56(49)63(57(50)38-42)54-30-12-8-25-47(54)48-26-9-13-31-55(48)63)59-34-17-35-60-61(59)53-39-52(46-24-6-7-28-51(46)62(53)65-60)45-29-16-21-40-20-4-5-22-43(40)45/h1-39H. The Kier molecular flexibility index (Phi) is 7.64. The van der Waals surface area contributed by atoms with Gasteiger partial charge in [0.1, 0.15) is 11.2 Å². The molecule has 2 nitrogen and oxygen atoms in total. The van der Waals surface area contributed by atoms with Crippen LogP contribution in [0.5, 0.6) is 0 Å². The SMILES string of the molecule is c1ccc(-c2ccccc2N(c2ccc3c(c2)C2(c4ccccc4-c4ccccc42)c2ccccc2-3)c2cccc3oc4c5ccccc5c(-c5cccc6ccccc56)cc4c23)cc1. The highest BCUT2D eigenvalue weighted by Crippen LogP contribution is 2.63. The second-order valence-electron chi connectivity index (χ2n) is 17.5. The largest absolute Gasteiger partial charge is 0.455 e. The molecule has 0 N–H and O–H groups in total. The average molecular weight is 826 g/mol. The van der Waals surface area contributed by atoms with Gasteiger partial charge >= 0.3 is 0 Å². The molecule has 12 aromatic rings. The maximum absolute atomic E-state index is 7.07. The van der Waals surface area contributed by atoms with Gasteiger partial charge in [0.15, 0.2) is 0 Å². The Morgan fingerprint density at radius 3 is 1.60 bits per heavy atom. The minimum absolute atomic E-state index is 0.486. The molecular formula is C63H39NO. The number of rotatable bonds is 5. The van der Waals surface area contributed by atoms with Crippen molar-refractivity contribution in [2.45, 2.75) is 5.41 Å². The molecule has 2 aliphatic carbocycles. The molecule has 11 aromatic carbocycles. The highest BCUT2D eigenvalue weighted by atomic mass is 16.3. The number of fused-ring (bicyclic) bond motifs is 16. The second kappa shape index (κ2) is 13.8. The lowest BCUT2D eigenvalue weighted by molar-refractivity contribution is 0.672.